The molecule has 1 aliphatic rings. The van der Waals surface area contributed by atoms with Crippen molar-refractivity contribution >= 4 is 40.3 Å². The monoisotopic (exact) mass is 399 g/mol. The molecular weight excluding hydrogens is 378 g/mol. The fourth-order valence-corrected chi connectivity index (χ4v) is 3.66. The Morgan fingerprint density at radius 1 is 1.00 bits per heavy atom. The number of likely N-dealkylation sites (N-methyl/N-ethyl adjacent to an activating group) is 1. The number of nitrogens with zero attached hydrogens (tertiary/aromatic N) is 1. The number of ether oxygens (including phenoxy) is 2. The van der Waals surface area contributed by atoms with Crippen molar-refractivity contribution in [1.82, 2.24) is 4.90 Å². The van der Waals surface area contributed by atoms with Gasteiger partial charge in [0.2, 0.25) is 0 Å². The molecule has 1 saturated heterocycles. The Morgan fingerprint density at radius 2 is 1.63 bits per heavy atom. The molecule has 2 aromatic carbocycles. The molecule has 0 N–H and O–H groups in total. The first-order valence-corrected chi connectivity index (χ1v) is 9.81. The predicted octanol–water partition coefficient (Wildman–Crippen LogP) is 4.59. The third kappa shape index (κ3) is 4.90. The van der Waals surface area contributed by atoms with Crippen molar-refractivity contribution in [3.63, 3.8) is 0 Å². The highest BCUT2D eigenvalue weighted by Gasteiger charge is 2.28. The van der Waals surface area contributed by atoms with E-state index in [0.29, 0.717) is 22.4 Å². The fourth-order valence-electron chi connectivity index (χ4n) is 2.48. The van der Waals surface area contributed by atoms with E-state index >= 15 is 0 Å². The van der Waals surface area contributed by atoms with E-state index in [1.54, 1.807) is 7.05 Å². The second-order valence-corrected chi connectivity index (χ2v) is 7.93. The van der Waals surface area contributed by atoms with E-state index in [1.807, 2.05) is 42.5 Å². The van der Waals surface area contributed by atoms with Crippen LogP contribution < -0.4 is 9.47 Å². The maximum Gasteiger partial charge on any atom is 0.265 e. The van der Waals surface area contributed by atoms with Crippen LogP contribution in [0.2, 0.25) is 0 Å². The summed E-state index contributed by atoms with van der Waals surface area (Å²) in [6.07, 6.45) is 1.84. The van der Waals surface area contributed by atoms with E-state index in [4.69, 9.17) is 21.7 Å². The van der Waals surface area contributed by atoms with Gasteiger partial charge in [-0.25, -0.2) is 0 Å². The number of amides is 1. The third-order valence-electron chi connectivity index (χ3n) is 4.26. The normalized spacial score (nSPS) is 15.5. The first-order chi connectivity index (χ1) is 12.9. The van der Waals surface area contributed by atoms with E-state index in [1.165, 1.54) is 27.8 Å². The van der Waals surface area contributed by atoms with Crippen LogP contribution in [0.5, 0.6) is 11.5 Å². The summed E-state index contributed by atoms with van der Waals surface area (Å²) in [5.74, 6) is 1.55. The number of hydrogen-bond donors (Lipinski definition) is 0. The van der Waals surface area contributed by atoms with Gasteiger partial charge in [0.25, 0.3) is 5.91 Å². The number of rotatable bonds is 6. The Kier molecular flexibility index (Phi) is 6.19. The predicted molar refractivity (Wildman–Crippen MR) is 114 cm³/mol. The number of carbonyl (C=O) groups excluding carboxylic acids is 1. The summed E-state index contributed by atoms with van der Waals surface area (Å²) in [6.45, 7) is 5.08. The van der Waals surface area contributed by atoms with Gasteiger partial charge in [0, 0.05) is 7.05 Å². The highest BCUT2D eigenvalue weighted by atomic mass is 32.2. The molecule has 1 fully saturated rings. The number of thiocarbonyl (C=S) groups is 1. The molecule has 0 unspecified atom stereocenters. The minimum absolute atomic E-state index is 0.0613. The van der Waals surface area contributed by atoms with Crippen LogP contribution in [0.25, 0.3) is 6.08 Å². The molecule has 0 saturated carbocycles. The van der Waals surface area contributed by atoms with Gasteiger partial charge in [0.05, 0.1) is 4.91 Å². The van der Waals surface area contributed by atoms with Crippen LogP contribution in [-0.2, 0) is 4.79 Å². The van der Waals surface area contributed by atoms with Gasteiger partial charge in [0.15, 0.2) is 0 Å². The molecule has 0 atom stereocenters. The first kappa shape index (κ1) is 19.5. The molecule has 0 spiro atoms. The van der Waals surface area contributed by atoms with Crippen LogP contribution >= 0.6 is 24.0 Å². The summed E-state index contributed by atoms with van der Waals surface area (Å²) in [7, 11) is 1.69. The van der Waals surface area contributed by atoms with Crippen molar-refractivity contribution < 1.29 is 14.3 Å². The molecule has 1 amide bonds. The van der Waals surface area contributed by atoms with Gasteiger partial charge >= 0.3 is 0 Å². The van der Waals surface area contributed by atoms with Crippen molar-refractivity contribution in [2.45, 2.75) is 13.8 Å². The van der Waals surface area contributed by atoms with E-state index in [0.717, 1.165) is 17.1 Å². The zero-order valence-corrected chi connectivity index (χ0v) is 17.2. The third-order valence-corrected chi connectivity index (χ3v) is 5.75. The molecule has 0 bridgehead atoms. The maximum absolute atomic E-state index is 12.0. The van der Waals surface area contributed by atoms with Crippen LogP contribution in [0.15, 0.2) is 47.4 Å². The highest BCUT2D eigenvalue weighted by Crippen LogP contribution is 2.31. The summed E-state index contributed by atoms with van der Waals surface area (Å²) in [5, 5.41) is 0. The minimum atomic E-state index is -0.0613. The van der Waals surface area contributed by atoms with Gasteiger partial charge in [-0.2, -0.15) is 0 Å². The number of thioether (sulfide) groups is 1. The molecular formula is C21H21NO3S2. The van der Waals surface area contributed by atoms with Crippen molar-refractivity contribution in [1.29, 1.82) is 0 Å². The second-order valence-electron chi connectivity index (χ2n) is 6.25. The largest absolute Gasteiger partial charge is 0.490 e. The molecule has 1 heterocycles. The minimum Gasteiger partial charge on any atom is -0.490 e. The maximum atomic E-state index is 12.0. The van der Waals surface area contributed by atoms with Gasteiger partial charge in [-0.15, -0.1) is 0 Å². The van der Waals surface area contributed by atoms with Gasteiger partial charge in [-0.05, 0) is 60.9 Å². The van der Waals surface area contributed by atoms with Gasteiger partial charge < -0.3 is 9.47 Å². The molecule has 6 heteroatoms. The van der Waals surface area contributed by atoms with E-state index in [9.17, 15) is 4.79 Å². The van der Waals surface area contributed by atoms with Crippen molar-refractivity contribution in [3.8, 4) is 11.5 Å². The van der Waals surface area contributed by atoms with Crippen molar-refractivity contribution in [2.75, 3.05) is 20.3 Å². The zero-order chi connectivity index (χ0) is 19.4. The Bertz CT molecular complexity index is 891. The summed E-state index contributed by atoms with van der Waals surface area (Å²) >= 11 is 6.45. The van der Waals surface area contributed by atoms with Crippen LogP contribution in [0, 0.1) is 13.8 Å². The van der Waals surface area contributed by atoms with Gasteiger partial charge in [-0.1, -0.05) is 42.2 Å². The summed E-state index contributed by atoms with van der Waals surface area (Å²) in [6, 6.07) is 13.7. The molecule has 1 aliphatic heterocycles. The number of benzene rings is 2. The Morgan fingerprint density at radius 3 is 2.22 bits per heavy atom. The second kappa shape index (κ2) is 8.59. The molecule has 2 aromatic rings. The van der Waals surface area contributed by atoms with Crippen LogP contribution in [0.1, 0.15) is 16.7 Å². The number of hydrogen-bond acceptors (Lipinski definition) is 5. The average Bonchev–Trinajstić information content (AvgIpc) is 2.90. The summed E-state index contributed by atoms with van der Waals surface area (Å²) < 4.78 is 12.0. The highest BCUT2D eigenvalue weighted by molar-refractivity contribution is 8.26. The molecule has 3 rings (SSSR count). The lowest BCUT2D eigenvalue weighted by molar-refractivity contribution is -0.121. The molecule has 0 aromatic heterocycles. The molecule has 27 heavy (non-hydrogen) atoms. The van der Waals surface area contributed by atoms with E-state index < -0.39 is 0 Å². The number of carbonyl (C=O) groups is 1. The van der Waals surface area contributed by atoms with E-state index in [2.05, 4.69) is 19.9 Å². The Balaban J connectivity index is 1.50. The van der Waals surface area contributed by atoms with Crippen LogP contribution in [-0.4, -0.2) is 35.4 Å². The molecule has 4 nitrogen and oxygen atoms in total. The lowest BCUT2D eigenvalue weighted by atomic mass is 10.1. The quantitative estimate of drug-likeness (QED) is 0.403. The smallest absolute Gasteiger partial charge is 0.265 e. The molecule has 0 aliphatic carbocycles. The molecule has 140 valence electrons. The Labute approximate surface area is 169 Å². The SMILES string of the molecule is Cc1ccc(OCCOc2ccc(C=C3SC(=S)N(C)C3=O)cc2)cc1C. The standard InChI is InChI=1S/C21H21NO3S2/c1-14-4-7-18(12-15(14)2)25-11-10-24-17-8-5-16(6-9-17)13-19-20(23)22(3)21(26)27-19/h4-9,12-13H,10-11H2,1-3H3. The van der Waals surface area contributed by atoms with Crippen LogP contribution in [0.4, 0.5) is 0 Å². The average molecular weight is 400 g/mol. The summed E-state index contributed by atoms with van der Waals surface area (Å²) in [4.78, 5) is 14.2. The zero-order valence-electron chi connectivity index (χ0n) is 15.5. The number of aryl methyl sites for hydroxylation is 2. The van der Waals surface area contributed by atoms with Crippen molar-refractivity contribution in [3.05, 3.63) is 64.1 Å². The lowest BCUT2D eigenvalue weighted by Crippen LogP contribution is -2.22. The van der Waals surface area contributed by atoms with Gasteiger partial charge in [-0.3, -0.25) is 9.69 Å². The molecule has 0 radical (unpaired) electrons. The van der Waals surface area contributed by atoms with Crippen molar-refractivity contribution in [2.24, 2.45) is 0 Å². The summed E-state index contributed by atoms with van der Waals surface area (Å²) in [5.41, 5.74) is 3.39. The first-order valence-electron chi connectivity index (χ1n) is 8.58. The van der Waals surface area contributed by atoms with E-state index in [-0.39, 0.29) is 5.91 Å². The van der Waals surface area contributed by atoms with Crippen LogP contribution in [0.3, 0.4) is 0 Å². The Hall–Kier alpha value is -2.31. The van der Waals surface area contributed by atoms with Gasteiger partial charge in [0.1, 0.15) is 29.0 Å². The lowest BCUT2D eigenvalue weighted by Gasteiger charge is -2.10. The fraction of sp³-hybridized carbons (Fsp3) is 0.238. The topological polar surface area (TPSA) is 38.8 Å².